The Morgan fingerprint density at radius 2 is 1.81 bits per heavy atom. The predicted molar refractivity (Wildman–Crippen MR) is 123 cm³/mol. The third kappa shape index (κ3) is 7.38. The van der Waals surface area contributed by atoms with Crippen LogP contribution in [0.15, 0.2) is 53.5 Å². The van der Waals surface area contributed by atoms with Gasteiger partial charge in [-0.05, 0) is 42.3 Å². The highest BCUT2D eigenvalue weighted by molar-refractivity contribution is 14.0. The molecule has 0 atom stereocenters. The molecule has 0 aliphatic rings. The Kier molecular flexibility index (Phi) is 10.2. The molecule has 1 amide bonds. The minimum absolute atomic E-state index is 0. The Bertz CT molecular complexity index is 782. The van der Waals surface area contributed by atoms with Gasteiger partial charge in [-0.1, -0.05) is 35.9 Å². The van der Waals surface area contributed by atoms with Gasteiger partial charge in [0.15, 0.2) is 5.96 Å². The second-order valence-electron chi connectivity index (χ2n) is 5.95. The van der Waals surface area contributed by atoms with Crippen LogP contribution in [0.5, 0.6) is 0 Å². The molecule has 2 aromatic rings. The number of carbonyl (C=O) groups is 1. The average molecular weight is 501 g/mol. The SMILES string of the molecule is CCNC(=O)c1cccc(CNC(=NC)N(C)Cc2cccc(Cl)c2)c1.I. The van der Waals surface area contributed by atoms with E-state index in [1.807, 2.05) is 67.4 Å². The van der Waals surface area contributed by atoms with Crippen molar-refractivity contribution < 1.29 is 4.79 Å². The van der Waals surface area contributed by atoms with Crippen LogP contribution in [0.3, 0.4) is 0 Å². The summed E-state index contributed by atoms with van der Waals surface area (Å²) >= 11 is 6.05. The van der Waals surface area contributed by atoms with Gasteiger partial charge < -0.3 is 15.5 Å². The van der Waals surface area contributed by atoms with E-state index < -0.39 is 0 Å². The van der Waals surface area contributed by atoms with E-state index in [9.17, 15) is 4.79 Å². The summed E-state index contributed by atoms with van der Waals surface area (Å²) < 4.78 is 0. The van der Waals surface area contributed by atoms with E-state index in [-0.39, 0.29) is 29.9 Å². The van der Waals surface area contributed by atoms with Crippen molar-refractivity contribution in [2.24, 2.45) is 4.99 Å². The van der Waals surface area contributed by atoms with Crippen molar-refractivity contribution in [3.63, 3.8) is 0 Å². The summed E-state index contributed by atoms with van der Waals surface area (Å²) in [5.41, 5.74) is 2.79. The Morgan fingerprint density at radius 1 is 1.11 bits per heavy atom. The summed E-state index contributed by atoms with van der Waals surface area (Å²) in [4.78, 5) is 18.3. The molecule has 2 aromatic carbocycles. The monoisotopic (exact) mass is 500 g/mol. The summed E-state index contributed by atoms with van der Waals surface area (Å²) in [5, 5.41) is 6.87. The molecule has 7 heteroatoms. The quantitative estimate of drug-likeness (QED) is 0.359. The summed E-state index contributed by atoms with van der Waals surface area (Å²) in [7, 11) is 3.73. The number of rotatable bonds is 6. The first-order chi connectivity index (χ1) is 12.5. The van der Waals surface area contributed by atoms with E-state index in [4.69, 9.17) is 11.6 Å². The summed E-state index contributed by atoms with van der Waals surface area (Å²) in [6.45, 7) is 3.80. The first kappa shape index (κ1) is 23.2. The molecule has 0 saturated heterocycles. The molecular weight excluding hydrogens is 475 g/mol. The number of hydrogen-bond acceptors (Lipinski definition) is 2. The minimum atomic E-state index is -0.0585. The highest BCUT2D eigenvalue weighted by Gasteiger charge is 2.08. The minimum Gasteiger partial charge on any atom is -0.352 e. The number of carbonyl (C=O) groups excluding carboxylic acids is 1. The van der Waals surface area contributed by atoms with Gasteiger partial charge in [-0.3, -0.25) is 9.79 Å². The molecule has 0 aliphatic heterocycles. The van der Waals surface area contributed by atoms with Crippen LogP contribution in [0, 0.1) is 0 Å². The number of benzene rings is 2. The maximum atomic E-state index is 12.0. The van der Waals surface area contributed by atoms with Crippen LogP contribution in [0.4, 0.5) is 0 Å². The lowest BCUT2D eigenvalue weighted by Gasteiger charge is -2.22. The zero-order valence-electron chi connectivity index (χ0n) is 15.8. The number of nitrogens with zero attached hydrogens (tertiary/aromatic N) is 2. The van der Waals surface area contributed by atoms with E-state index in [1.54, 1.807) is 7.05 Å². The fourth-order valence-electron chi connectivity index (χ4n) is 2.64. The lowest BCUT2D eigenvalue weighted by molar-refractivity contribution is 0.0955. The third-order valence-electron chi connectivity index (χ3n) is 3.86. The summed E-state index contributed by atoms with van der Waals surface area (Å²) in [6.07, 6.45) is 0. The van der Waals surface area contributed by atoms with Crippen molar-refractivity contribution in [2.75, 3.05) is 20.6 Å². The van der Waals surface area contributed by atoms with Gasteiger partial charge in [0.25, 0.3) is 5.91 Å². The van der Waals surface area contributed by atoms with Crippen LogP contribution in [-0.2, 0) is 13.1 Å². The van der Waals surface area contributed by atoms with E-state index in [2.05, 4.69) is 15.6 Å². The van der Waals surface area contributed by atoms with Crippen LogP contribution < -0.4 is 10.6 Å². The van der Waals surface area contributed by atoms with E-state index >= 15 is 0 Å². The van der Waals surface area contributed by atoms with Gasteiger partial charge in [0.1, 0.15) is 0 Å². The first-order valence-corrected chi connectivity index (χ1v) is 8.94. The molecule has 5 nitrogen and oxygen atoms in total. The van der Waals surface area contributed by atoms with Crippen LogP contribution in [0.25, 0.3) is 0 Å². The fraction of sp³-hybridized carbons (Fsp3) is 0.300. The molecule has 2 rings (SSSR count). The van der Waals surface area contributed by atoms with E-state index in [0.717, 1.165) is 22.1 Å². The molecule has 0 heterocycles. The van der Waals surface area contributed by atoms with Gasteiger partial charge in [0.2, 0.25) is 0 Å². The predicted octanol–water partition coefficient (Wildman–Crippen LogP) is 3.92. The molecule has 0 aliphatic carbocycles. The van der Waals surface area contributed by atoms with Gasteiger partial charge in [-0.2, -0.15) is 0 Å². The van der Waals surface area contributed by atoms with Crippen molar-refractivity contribution in [1.82, 2.24) is 15.5 Å². The van der Waals surface area contributed by atoms with Crippen molar-refractivity contribution in [2.45, 2.75) is 20.0 Å². The smallest absolute Gasteiger partial charge is 0.251 e. The summed E-state index contributed by atoms with van der Waals surface area (Å²) in [6, 6.07) is 15.4. The zero-order chi connectivity index (χ0) is 18.9. The standard InChI is InChI=1S/C20H25ClN4O.HI/c1-4-23-19(26)17-9-5-7-15(11-17)13-24-20(22-2)25(3)14-16-8-6-10-18(21)12-16;/h5-12H,4,13-14H2,1-3H3,(H,22,24)(H,23,26);1H. The van der Waals surface area contributed by atoms with Crippen molar-refractivity contribution in [3.05, 3.63) is 70.2 Å². The molecule has 0 spiro atoms. The van der Waals surface area contributed by atoms with Crippen molar-refractivity contribution >= 4 is 47.4 Å². The Morgan fingerprint density at radius 3 is 2.48 bits per heavy atom. The Balaban J connectivity index is 0.00000364. The van der Waals surface area contributed by atoms with Gasteiger partial charge in [0, 0.05) is 44.3 Å². The fourth-order valence-corrected chi connectivity index (χ4v) is 2.85. The number of halogens is 2. The highest BCUT2D eigenvalue weighted by Crippen LogP contribution is 2.12. The molecule has 0 fully saturated rings. The molecule has 0 saturated carbocycles. The molecule has 0 radical (unpaired) electrons. The molecule has 27 heavy (non-hydrogen) atoms. The topological polar surface area (TPSA) is 56.7 Å². The van der Waals surface area contributed by atoms with Crippen molar-refractivity contribution in [1.29, 1.82) is 0 Å². The van der Waals surface area contributed by atoms with Gasteiger partial charge >= 0.3 is 0 Å². The van der Waals surface area contributed by atoms with E-state index in [1.165, 1.54) is 0 Å². The molecule has 0 bridgehead atoms. The Hall–Kier alpha value is -1.80. The number of aliphatic imine (C=N–C) groups is 1. The molecule has 146 valence electrons. The number of nitrogens with one attached hydrogen (secondary N) is 2. The lowest BCUT2D eigenvalue weighted by Crippen LogP contribution is -2.38. The first-order valence-electron chi connectivity index (χ1n) is 8.57. The van der Waals surface area contributed by atoms with Crippen molar-refractivity contribution in [3.8, 4) is 0 Å². The highest BCUT2D eigenvalue weighted by atomic mass is 127. The number of hydrogen-bond donors (Lipinski definition) is 2. The lowest BCUT2D eigenvalue weighted by atomic mass is 10.1. The van der Waals surface area contributed by atoms with Crippen LogP contribution in [0.1, 0.15) is 28.4 Å². The molecular formula is C20H26ClIN4O. The van der Waals surface area contributed by atoms with Crippen LogP contribution in [-0.4, -0.2) is 37.4 Å². The van der Waals surface area contributed by atoms with Gasteiger partial charge in [-0.15, -0.1) is 24.0 Å². The largest absolute Gasteiger partial charge is 0.352 e. The third-order valence-corrected chi connectivity index (χ3v) is 4.09. The molecule has 0 aromatic heterocycles. The summed E-state index contributed by atoms with van der Waals surface area (Å²) in [5.74, 6) is 0.713. The van der Waals surface area contributed by atoms with Crippen LogP contribution in [0.2, 0.25) is 5.02 Å². The maximum Gasteiger partial charge on any atom is 0.251 e. The van der Waals surface area contributed by atoms with E-state index in [0.29, 0.717) is 25.2 Å². The number of amides is 1. The average Bonchev–Trinajstić information content (AvgIpc) is 2.62. The second-order valence-corrected chi connectivity index (χ2v) is 6.38. The zero-order valence-corrected chi connectivity index (χ0v) is 18.9. The molecule has 0 unspecified atom stereocenters. The second kappa shape index (κ2) is 11.8. The Labute approximate surface area is 183 Å². The maximum absolute atomic E-state index is 12.0. The number of guanidine groups is 1. The van der Waals surface area contributed by atoms with Crippen LogP contribution >= 0.6 is 35.6 Å². The van der Waals surface area contributed by atoms with Gasteiger partial charge in [-0.25, -0.2) is 0 Å². The van der Waals surface area contributed by atoms with Gasteiger partial charge in [0.05, 0.1) is 0 Å². The normalized spacial score (nSPS) is 10.7. The molecule has 2 N–H and O–H groups in total.